The van der Waals surface area contributed by atoms with E-state index in [2.05, 4.69) is 4.72 Å². The van der Waals surface area contributed by atoms with Gasteiger partial charge in [-0.2, -0.15) is 0 Å². The number of rotatable bonds is 6. The summed E-state index contributed by atoms with van der Waals surface area (Å²) in [6, 6.07) is 10.6. The van der Waals surface area contributed by atoms with E-state index in [9.17, 15) is 12.8 Å². The molecule has 7 heteroatoms. The number of ether oxygens (including phenoxy) is 1. The van der Waals surface area contributed by atoms with Gasteiger partial charge in [0.15, 0.2) is 0 Å². The molecular weight excluding hydrogens is 329 g/mol. The summed E-state index contributed by atoms with van der Waals surface area (Å²) in [5.41, 5.74) is 0.973. The maximum Gasteiger partial charge on any atom is 0.240 e. The molecule has 0 fully saturated rings. The molecule has 0 aromatic heterocycles. The minimum absolute atomic E-state index is 0.0615. The molecule has 0 aliphatic rings. The molecule has 0 radical (unpaired) electrons. The zero-order chi connectivity index (χ0) is 16.2. The Morgan fingerprint density at radius 2 is 1.86 bits per heavy atom. The Labute approximate surface area is 133 Å². The van der Waals surface area contributed by atoms with E-state index in [1.165, 1.54) is 6.07 Å². The molecule has 0 aliphatic carbocycles. The van der Waals surface area contributed by atoms with E-state index in [-0.39, 0.29) is 16.5 Å². The molecule has 2 aromatic carbocycles. The summed E-state index contributed by atoms with van der Waals surface area (Å²) in [6.45, 7) is 0.226. The van der Waals surface area contributed by atoms with E-state index < -0.39 is 15.8 Å². The van der Waals surface area contributed by atoms with E-state index in [1.807, 2.05) is 24.3 Å². The lowest BCUT2D eigenvalue weighted by molar-refractivity contribution is 0.414. The SMILES string of the molecule is COc1ccc(CCNS(=O)(=O)c2ccc(F)c(Cl)c2)cc1. The summed E-state index contributed by atoms with van der Waals surface area (Å²) in [7, 11) is -2.13. The Bertz CT molecular complexity index is 748. The first-order valence-electron chi connectivity index (χ1n) is 6.50. The molecule has 118 valence electrons. The van der Waals surface area contributed by atoms with Crippen LogP contribution in [0.15, 0.2) is 47.4 Å². The molecule has 22 heavy (non-hydrogen) atoms. The zero-order valence-electron chi connectivity index (χ0n) is 11.8. The van der Waals surface area contributed by atoms with Gasteiger partial charge in [-0.15, -0.1) is 0 Å². The highest BCUT2D eigenvalue weighted by atomic mass is 35.5. The molecule has 0 saturated heterocycles. The van der Waals surface area contributed by atoms with Crippen LogP contribution in [0.25, 0.3) is 0 Å². The first-order valence-corrected chi connectivity index (χ1v) is 8.36. The van der Waals surface area contributed by atoms with Gasteiger partial charge in [-0.3, -0.25) is 0 Å². The third kappa shape index (κ3) is 4.19. The van der Waals surface area contributed by atoms with Crippen molar-refractivity contribution in [3.63, 3.8) is 0 Å². The first kappa shape index (κ1) is 16.7. The smallest absolute Gasteiger partial charge is 0.240 e. The first-order chi connectivity index (χ1) is 10.4. The molecule has 0 aliphatic heterocycles. The van der Waals surface area contributed by atoms with Gasteiger partial charge in [0, 0.05) is 6.54 Å². The van der Waals surface area contributed by atoms with Crippen molar-refractivity contribution in [3.05, 3.63) is 58.9 Å². The van der Waals surface area contributed by atoms with Crippen LogP contribution in [-0.2, 0) is 16.4 Å². The minimum atomic E-state index is -3.71. The third-order valence-corrected chi connectivity index (χ3v) is 4.81. The highest BCUT2D eigenvalue weighted by Gasteiger charge is 2.15. The summed E-state index contributed by atoms with van der Waals surface area (Å²) in [4.78, 5) is -0.0615. The minimum Gasteiger partial charge on any atom is -0.497 e. The molecule has 1 N–H and O–H groups in total. The van der Waals surface area contributed by atoms with Crippen LogP contribution < -0.4 is 9.46 Å². The van der Waals surface area contributed by atoms with Crippen molar-refractivity contribution < 1.29 is 17.5 Å². The van der Waals surface area contributed by atoms with Crippen LogP contribution in [0.4, 0.5) is 4.39 Å². The number of sulfonamides is 1. The topological polar surface area (TPSA) is 55.4 Å². The molecule has 0 bridgehead atoms. The molecule has 0 heterocycles. The van der Waals surface area contributed by atoms with Crippen LogP contribution in [-0.4, -0.2) is 22.1 Å². The summed E-state index contributed by atoms with van der Waals surface area (Å²) in [6.07, 6.45) is 0.526. The standard InChI is InChI=1S/C15H15ClFNO3S/c1-21-12-4-2-11(3-5-12)8-9-18-22(19,20)13-6-7-15(17)14(16)10-13/h2-7,10,18H,8-9H2,1H3. The lowest BCUT2D eigenvalue weighted by Crippen LogP contribution is -2.26. The van der Waals surface area contributed by atoms with Crippen LogP contribution in [0.2, 0.25) is 5.02 Å². The van der Waals surface area contributed by atoms with Crippen molar-refractivity contribution in [3.8, 4) is 5.75 Å². The maximum atomic E-state index is 13.1. The predicted molar refractivity (Wildman–Crippen MR) is 83.3 cm³/mol. The van der Waals surface area contributed by atoms with E-state index in [1.54, 1.807) is 7.11 Å². The second kappa shape index (κ2) is 7.09. The van der Waals surface area contributed by atoms with Crippen LogP contribution in [0.3, 0.4) is 0 Å². The van der Waals surface area contributed by atoms with Gasteiger partial charge in [-0.05, 0) is 42.3 Å². The average molecular weight is 344 g/mol. The maximum absolute atomic E-state index is 13.1. The van der Waals surface area contributed by atoms with E-state index in [0.717, 1.165) is 23.4 Å². The Kier molecular flexibility index (Phi) is 5.39. The van der Waals surface area contributed by atoms with Crippen LogP contribution in [0, 0.1) is 5.82 Å². The third-order valence-electron chi connectivity index (χ3n) is 3.07. The molecule has 0 spiro atoms. The van der Waals surface area contributed by atoms with Gasteiger partial charge < -0.3 is 4.74 Å². The summed E-state index contributed by atoms with van der Waals surface area (Å²) >= 11 is 5.60. The number of benzene rings is 2. The molecule has 2 aromatic rings. The normalized spacial score (nSPS) is 11.4. The molecule has 2 rings (SSSR count). The Morgan fingerprint density at radius 1 is 1.18 bits per heavy atom. The lowest BCUT2D eigenvalue weighted by Gasteiger charge is -2.08. The predicted octanol–water partition coefficient (Wildman–Crippen LogP) is 3.01. The van der Waals surface area contributed by atoms with E-state index >= 15 is 0 Å². The van der Waals surface area contributed by atoms with Gasteiger partial charge >= 0.3 is 0 Å². The number of methoxy groups -OCH3 is 1. The monoisotopic (exact) mass is 343 g/mol. The molecule has 0 atom stereocenters. The van der Waals surface area contributed by atoms with Crippen LogP contribution >= 0.6 is 11.6 Å². The van der Waals surface area contributed by atoms with E-state index in [0.29, 0.717) is 6.42 Å². The lowest BCUT2D eigenvalue weighted by atomic mass is 10.1. The van der Waals surface area contributed by atoms with Crippen molar-refractivity contribution in [1.82, 2.24) is 4.72 Å². The molecule has 0 amide bonds. The quantitative estimate of drug-likeness (QED) is 0.877. The van der Waals surface area contributed by atoms with Crippen molar-refractivity contribution in [2.45, 2.75) is 11.3 Å². The summed E-state index contributed by atoms with van der Waals surface area (Å²) < 4.78 is 44.7. The number of halogens is 2. The Hall–Kier alpha value is -1.63. The number of hydrogen-bond acceptors (Lipinski definition) is 3. The number of nitrogens with one attached hydrogen (secondary N) is 1. The molecule has 0 unspecified atom stereocenters. The van der Waals surface area contributed by atoms with Crippen molar-refractivity contribution >= 4 is 21.6 Å². The van der Waals surface area contributed by atoms with Gasteiger partial charge in [0.2, 0.25) is 10.0 Å². The molecule has 0 saturated carbocycles. The Morgan fingerprint density at radius 3 is 2.45 bits per heavy atom. The summed E-state index contributed by atoms with van der Waals surface area (Å²) in [5.74, 6) is 0.0872. The second-order valence-corrected chi connectivity index (χ2v) is 6.75. The van der Waals surface area contributed by atoms with Gasteiger partial charge in [-0.25, -0.2) is 17.5 Å². The highest BCUT2D eigenvalue weighted by molar-refractivity contribution is 7.89. The largest absolute Gasteiger partial charge is 0.497 e. The van der Waals surface area contributed by atoms with Crippen molar-refractivity contribution in [1.29, 1.82) is 0 Å². The van der Waals surface area contributed by atoms with Gasteiger partial charge in [0.1, 0.15) is 11.6 Å². The molecular formula is C15H15ClFNO3S. The fourth-order valence-electron chi connectivity index (χ4n) is 1.85. The van der Waals surface area contributed by atoms with Gasteiger partial charge in [0.25, 0.3) is 0 Å². The fraction of sp³-hybridized carbons (Fsp3) is 0.200. The summed E-state index contributed by atoms with van der Waals surface area (Å²) in [5, 5.41) is -0.224. The number of hydrogen-bond donors (Lipinski definition) is 1. The Balaban J connectivity index is 1.98. The highest BCUT2D eigenvalue weighted by Crippen LogP contribution is 2.19. The van der Waals surface area contributed by atoms with Crippen molar-refractivity contribution in [2.75, 3.05) is 13.7 Å². The van der Waals surface area contributed by atoms with Crippen LogP contribution in [0.1, 0.15) is 5.56 Å². The molecule has 4 nitrogen and oxygen atoms in total. The van der Waals surface area contributed by atoms with Gasteiger partial charge in [-0.1, -0.05) is 23.7 Å². The van der Waals surface area contributed by atoms with Crippen LogP contribution in [0.5, 0.6) is 5.75 Å². The van der Waals surface area contributed by atoms with E-state index in [4.69, 9.17) is 16.3 Å². The zero-order valence-corrected chi connectivity index (χ0v) is 13.4. The average Bonchev–Trinajstić information content (AvgIpc) is 2.50. The van der Waals surface area contributed by atoms with Crippen molar-refractivity contribution in [2.24, 2.45) is 0 Å². The fourth-order valence-corrected chi connectivity index (χ4v) is 3.15. The van der Waals surface area contributed by atoms with Gasteiger partial charge in [0.05, 0.1) is 17.0 Å². The second-order valence-electron chi connectivity index (χ2n) is 4.57.